The first kappa shape index (κ1) is 16.3. The third-order valence-corrected chi connectivity index (χ3v) is 2.54. The number of methoxy groups -OCH3 is 1. The average Bonchev–Trinajstić information content (AvgIpc) is 2.33. The van der Waals surface area contributed by atoms with Gasteiger partial charge in [0.1, 0.15) is 11.5 Å². The molecule has 0 saturated heterocycles. The summed E-state index contributed by atoms with van der Waals surface area (Å²) in [6.45, 7) is 7.24. The fourth-order valence-corrected chi connectivity index (χ4v) is 1.71. The van der Waals surface area contributed by atoms with Crippen LogP contribution in [0.25, 0.3) is 0 Å². The molecule has 20 heavy (non-hydrogen) atoms. The molecule has 112 valence electrons. The minimum Gasteiger partial charge on any atom is -0.497 e. The number of benzene rings is 1. The summed E-state index contributed by atoms with van der Waals surface area (Å²) in [5, 5.41) is 12.5. The van der Waals surface area contributed by atoms with E-state index >= 15 is 0 Å². The van der Waals surface area contributed by atoms with Crippen molar-refractivity contribution < 1.29 is 19.4 Å². The van der Waals surface area contributed by atoms with Crippen LogP contribution < -0.4 is 14.8 Å². The molecule has 0 aliphatic heterocycles. The maximum Gasteiger partial charge on any atom is 0.258 e. The summed E-state index contributed by atoms with van der Waals surface area (Å²) in [6.07, 6.45) is -0.679. The van der Waals surface area contributed by atoms with Gasteiger partial charge in [0, 0.05) is 17.2 Å². The molecular weight excluding hydrogens is 258 g/mol. The second kappa shape index (κ2) is 6.61. The molecule has 0 radical (unpaired) electrons. The number of ether oxygens (including phenoxy) is 2. The van der Waals surface area contributed by atoms with Gasteiger partial charge in [0.05, 0.1) is 13.2 Å². The third-order valence-electron chi connectivity index (χ3n) is 2.54. The maximum atomic E-state index is 11.7. The lowest BCUT2D eigenvalue weighted by Gasteiger charge is -2.21. The van der Waals surface area contributed by atoms with Crippen LogP contribution in [0.1, 0.15) is 39.4 Å². The summed E-state index contributed by atoms with van der Waals surface area (Å²) < 4.78 is 10.6. The first-order chi connectivity index (χ1) is 9.23. The van der Waals surface area contributed by atoms with Crippen molar-refractivity contribution in [1.82, 2.24) is 5.32 Å². The number of nitrogens with one attached hydrogen (secondary N) is 1. The number of aliphatic hydroxyl groups excluding tert-OH is 1. The SMILES string of the molecule is COc1ccc(C(C)O)c(OCC(=O)NC(C)(C)C)c1. The lowest BCUT2D eigenvalue weighted by atomic mass is 10.1. The van der Waals surface area contributed by atoms with E-state index in [0.29, 0.717) is 17.1 Å². The largest absolute Gasteiger partial charge is 0.497 e. The molecule has 5 nitrogen and oxygen atoms in total. The van der Waals surface area contributed by atoms with E-state index in [1.54, 1.807) is 32.2 Å². The van der Waals surface area contributed by atoms with E-state index in [2.05, 4.69) is 5.32 Å². The number of rotatable bonds is 5. The van der Waals surface area contributed by atoms with Crippen LogP contribution in [0.5, 0.6) is 11.5 Å². The van der Waals surface area contributed by atoms with Crippen molar-refractivity contribution in [3.8, 4) is 11.5 Å². The lowest BCUT2D eigenvalue weighted by Crippen LogP contribution is -2.43. The molecule has 0 aromatic heterocycles. The number of carbonyl (C=O) groups is 1. The molecule has 1 unspecified atom stereocenters. The number of aliphatic hydroxyl groups is 1. The summed E-state index contributed by atoms with van der Waals surface area (Å²) in [4.78, 5) is 11.7. The van der Waals surface area contributed by atoms with Gasteiger partial charge in [0.2, 0.25) is 0 Å². The van der Waals surface area contributed by atoms with E-state index < -0.39 is 6.10 Å². The Morgan fingerprint density at radius 2 is 2.05 bits per heavy atom. The van der Waals surface area contributed by atoms with E-state index in [0.717, 1.165) is 0 Å². The Morgan fingerprint density at radius 1 is 1.40 bits per heavy atom. The van der Waals surface area contributed by atoms with E-state index in [1.807, 2.05) is 20.8 Å². The van der Waals surface area contributed by atoms with Crippen LogP contribution in [0.3, 0.4) is 0 Å². The first-order valence-electron chi connectivity index (χ1n) is 6.53. The van der Waals surface area contributed by atoms with Gasteiger partial charge in [-0.15, -0.1) is 0 Å². The molecule has 0 saturated carbocycles. The van der Waals surface area contributed by atoms with E-state index in [9.17, 15) is 9.90 Å². The molecule has 0 spiro atoms. The van der Waals surface area contributed by atoms with Crippen molar-refractivity contribution in [1.29, 1.82) is 0 Å². The van der Waals surface area contributed by atoms with Crippen molar-refractivity contribution in [3.63, 3.8) is 0 Å². The van der Waals surface area contributed by atoms with Gasteiger partial charge < -0.3 is 19.9 Å². The van der Waals surface area contributed by atoms with Crippen LogP contribution in [0, 0.1) is 0 Å². The van der Waals surface area contributed by atoms with E-state index in [4.69, 9.17) is 9.47 Å². The maximum absolute atomic E-state index is 11.7. The Hall–Kier alpha value is -1.75. The second-order valence-corrected chi connectivity index (χ2v) is 5.67. The van der Waals surface area contributed by atoms with Crippen molar-refractivity contribution in [2.45, 2.75) is 39.3 Å². The highest BCUT2D eigenvalue weighted by molar-refractivity contribution is 5.78. The van der Waals surface area contributed by atoms with Gasteiger partial charge in [-0.3, -0.25) is 4.79 Å². The molecule has 5 heteroatoms. The molecule has 2 N–H and O–H groups in total. The topological polar surface area (TPSA) is 67.8 Å². The van der Waals surface area contributed by atoms with Crippen LogP contribution in [-0.4, -0.2) is 30.3 Å². The highest BCUT2D eigenvalue weighted by Crippen LogP contribution is 2.29. The number of hydrogen-bond acceptors (Lipinski definition) is 4. The zero-order valence-corrected chi connectivity index (χ0v) is 12.7. The van der Waals surface area contributed by atoms with E-state index in [1.165, 1.54) is 0 Å². The fraction of sp³-hybridized carbons (Fsp3) is 0.533. The minimum absolute atomic E-state index is 0.107. The quantitative estimate of drug-likeness (QED) is 0.866. The predicted molar refractivity (Wildman–Crippen MR) is 77.0 cm³/mol. The summed E-state index contributed by atoms with van der Waals surface area (Å²) in [5.74, 6) is 0.848. The van der Waals surface area contributed by atoms with Crippen LogP contribution >= 0.6 is 0 Å². The van der Waals surface area contributed by atoms with E-state index in [-0.39, 0.29) is 18.1 Å². The van der Waals surface area contributed by atoms with Crippen molar-refractivity contribution in [2.75, 3.05) is 13.7 Å². The number of hydrogen-bond donors (Lipinski definition) is 2. The average molecular weight is 281 g/mol. The van der Waals surface area contributed by atoms with Gasteiger partial charge in [0.25, 0.3) is 5.91 Å². The molecule has 1 aromatic rings. The van der Waals surface area contributed by atoms with Crippen molar-refractivity contribution in [3.05, 3.63) is 23.8 Å². The highest BCUT2D eigenvalue weighted by Gasteiger charge is 2.16. The molecule has 0 aliphatic rings. The van der Waals surface area contributed by atoms with Crippen LogP contribution in [0.4, 0.5) is 0 Å². The lowest BCUT2D eigenvalue weighted by molar-refractivity contribution is -0.124. The molecule has 1 atom stereocenters. The molecule has 0 aliphatic carbocycles. The second-order valence-electron chi connectivity index (χ2n) is 5.67. The van der Waals surface area contributed by atoms with Gasteiger partial charge >= 0.3 is 0 Å². The highest BCUT2D eigenvalue weighted by atomic mass is 16.5. The standard InChI is InChI=1S/C15H23NO4/c1-10(17)12-7-6-11(19-5)8-13(12)20-9-14(18)16-15(2,3)4/h6-8,10,17H,9H2,1-5H3,(H,16,18). The van der Waals surface area contributed by atoms with Gasteiger partial charge in [-0.2, -0.15) is 0 Å². The molecule has 1 rings (SSSR count). The van der Waals surface area contributed by atoms with Gasteiger partial charge in [-0.1, -0.05) is 0 Å². The molecule has 0 bridgehead atoms. The summed E-state index contributed by atoms with van der Waals surface area (Å²) in [6, 6.07) is 5.12. The Morgan fingerprint density at radius 3 is 2.55 bits per heavy atom. The molecule has 1 aromatic carbocycles. The van der Waals surface area contributed by atoms with Crippen LogP contribution in [0.2, 0.25) is 0 Å². The summed E-state index contributed by atoms with van der Waals surface area (Å²) in [7, 11) is 1.55. The fourth-order valence-electron chi connectivity index (χ4n) is 1.71. The number of amides is 1. The van der Waals surface area contributed by atoms with Crippen LogP contribution in [0.15, 0.2) is 18.2 Å². The zero-order chi connectivity index (χ0) is 15.3. The van der Waals surface area contributed by atoms with Gasteiger partial charge in [0.15, 0.2) is 6.61 Å². The molecular formula is C15H23NO4. The Balaban J connectivity index is 2.78. The zero-order valence-electron chi connectivity index (χ0n) is 12.7. The molecule has 1 amide bonds. The monoisotopic (exact) mass is 281 g/mol. The number of carbonyl (C=O) groups excluding carboxylic acids is 1. The third kappa shape index (κ3) is 5.09. The van der Waals surface area contributed by atoms with Crippen molar-refractivity contribution >= 4 is 5.91 Å². The predicted octanol–water partition coefficient (Wildman–Crippen LogP) is 2.04. The Bertz CT molecular complexity index is 463. The first-order valence-corrected chi connectivity index (χ1v) is 6.53. The van der Waals surface area contributed by atoms with Crippen LogP contribution in [-0.2, 0) is 4.79 Å². The van der Waals surface area contributed by atoms with Gasteiger partial charge in [-0.05, 0) is 39.8 Å². The minimum atomic E-state index is -0.679. The smallest absolute Gasteiger partial charge is 0.258 e. The van der Waals surface area contributed by atoms with Crippen molar-refractivity contribution in [2.24, 2.45) is 0 Å². The normalized spacial score (nSPS) is 12.7. The molecule has 0 heterocycles. The Kier molecular flexibility index (Phi) is 5.39. The molecule has 0 fully saturated rings. The summed E-state index contributed by atoms with van der Waals surface area (Å²) >= 11 is 0. The Labute approximate surface area is 119 Å². The summed E-state index contributed by atoms with van der Waals surface area (Å²) in [5.41, 5.74) is 0.316. The van der Waals surface area contributed by atoms with Gasteiger partial charge in [-0.25, -0.2) is 0 Å².